The number of rotatable bonds is 4. The average Bonchev–Trinajstić information content (AvgIpc) is 3.03. The third kappa shape index (κ3) is 2.51. The molecular weight excluding hydrogens is 288 g/mol. The molecule has 0 bridgehead atoms. The predicted molar refractivity (Wildman–Crippen MR) is 80.3 cm³/mol. The number of nitrogens with zero attached hydrogens (tertiary/aromatic N) is 2. The largest absolute Gasteiger partial charge is 0.314 e. The smallest absolute Gasteiger partial charge is 0.247 e. The molecular formula is C14H24N4O2S. The monoisotopic (exact) mass is 312 g/mol. The van der Waals surface area contributed by atoms with Gasteiger partial charge in [0.05, 0.1) is 11.4 Å². The van der Waals surface area contributed by atoms with Crippen LogP contribution in [0.3, 0.4) is 0 Å². The molecule has 1 aliphatic heterocycles. The molecule has 7 heteroatoms. The van der Waals surface area contributed by atoms with Gasteiger partial charge in [0.1, 0.15) is 4.90 Å². The number of fused-ring (bicyclic) bond motifs is 1. The lowest BCUT2D eigenvalue weighted by Crippen LogP contribution is -2.39. The lowest BCUT2D eigenvalue weighted by Gasteiger charge is -2.31. The van der Waals surface area contributed by atoms with Gasteiger partial charge < -0.3 is 5.32 Å². The van der Waals surface area contributed by atoms with Gasteiger partial charge in [-0.25, -0.2) is 8.42 Å². The summed E-state index contributed by atoms with van der Waals surface area (Å²) in [4.78, 5) is 0.378. The molecule has 2 heterocycles. The lowest BCUT2D eigenvalue weighted by molar-refractivity contribution is 0.260. The fourth-order valence-electron chi connectivity index (χ4n) is 3.88. The van der Waals surface area contributed by atoms with Crippen LogP contribution in [0.2, 0.25) is 0 Å². The summed E-state index contributed by atoms with van der Waals surface area (Å²) in [5.74, 6) is 0.550. The van der Waals surface area contributed by atoms with E-state index in [1.165, 1.54) is 12.8 Å². The zero-order valence-corrected chi connectivity index (χ0v) is 13.5. The summed E-state index contributed by atoms with van der Waals surface area (Å²) >= 11 is 0. The maximum Gasteiger partial charge on any atom is 0.247 e. The SMILES string of the molecule is CNCc1n[nH]c(C)c1S(=O)(=O)N1CCC2CCCCC21. The van der Waals surface area contributed by atoms with Gasteiger partial charge in [0.2, 0.25) is 10.0 Å². The molecule has 6 nitrogen and oxygen atoms in total. The first-order chi connectivity index (χ1) is 10.1. The van der Waals surface area contributed by atoms with Gasteiger partial charge in [0, 0.05) is 19.1 Å². The summed E-state index contributed by atoms with van der Waals surface area (Å²) in [7, 11) is -1.65. The van der Waals surface area contributed by atoms with Crippen LogP contribution in [0.25, 0.3) is 0 Å². The first kappa shape index (κ1) is 15.0. The zero-order valence-electron chi connectivity index (χ0n) is 12.7. The Labute approximate surface area is 126 Å². The molecule has 2 fully saturated rings. The average molecular weight is 312 g/mol. The van der Waals surface area contributed by atoms with Gasteiger partial charge in [0.25, 0.3) is 0 Å². The normalized spacial score (nSPS) is 27.0. The van der Waals surface area contributed by atoms with E-state index in [2.05, 4.69) is 15.5 Å². The molecule has 0 aromatic carbocycles. The Balaban J connectivity index is 1.95. The summed E-state index contributed by atoms with van der Waals surface area (Å²) in [5.41, 5.74) is 1.23. The van der Waals surface area contributed by atoms with Crippen molar-refractivity contribution in [2.45, 2.75) is 56.5 Å². The molecule has 1 aliphatic carbocycles. The maximum atomic E-state index is 13.1. The Morgan fingerprint density at radius 3 is 2.86 bits per heavy atom. The Morgan fingerprint density at radius 2 is 2.10 bits per heavy atom. The van der Waals surface area contributed by atoms with Crippen LogP contribution in [0.4, 0.5) is 0 Å². The van der Waals surface area contributed by atoms with E-state index in [0.29, 0.717) is 35.3 Å². The minimum Gasteiger partial charge on any atom is -0.314 e. The second-order valence-electron chi connectivity index (χ2n) is 6.17. The summed E-state index contributed by atoms with van der Waals surface area (Å²) < 4.78 is 28.0. The van der Waals surface area contributed by atoms with Gasteiger partial charge in [0.15, 0.2) is 0 Å². The highest BCUT2D eigenvalue weighted by atomic mass is 32.2. The molecule has 0 radical (unpaired) electrons. The highest BCUT2D eigenvalue weighted by Gasteiger charge is 2.43. The molecule has 0 amide bonds. The zero-order chi connectivity index (χ0) is 15.0. The number of nitrogens with one attached hydrogen (secondary N) is 2. The fraction of sp³-hybridized carbons (Fsp3) is 0.786. The molecule has 2 unspecified atom stereocenters. The van der Waals surface area contributed by atoms with E-state index >= 15 is 0 Å². The minimum atomic E-state index is -3.45. The van der Waals surface area contributed by atoms with Crippen molar-refractivity contribution in [1.82, 2.24) is 19.8 Å². The molecule has 1 aromatic heterocycles. The summed E-state index contributed by atoms with van der Waals surface area (Å²) in [6.45, 7) is 2.90. The van der Waals surface area contributed by atoms with Crippen LogP contribution < -0.4 is 5.32 Å². The van der Waals surface area contributed by atoms with Crippen molar-refractivity contribution < 1.29 is 8.42 Å². The van der Waals surface area contributed by atoms with E-state index < -0.39 is 10.0 Å². The van der Waals surface area contributed by atoms with Crippen molar-refractivity contribution in [3.63, 3.8) is 0 Å². The number of aromatic amines is 1. The number of hydrogen-bond donors (Lipinski definition) is 2. The second kappa shape index (κ2) is 5.70. The van der Waals surface area contributed by atoms with E-state index in [1.54, 1.807) is 18.3 Å². The van der Waals surface area contributed by atoms with Crippen molar-refractivity contribution in [2.75, 3.05) is 13.6 Å². The van der Waals surface area contributed by atoms with Crippen LogP contribution in [0.5, 0.6) is 0 Å². The molecule has 21 heavy (non-hydrogen) atoms. The summed E-state index contributed by atoms with van der Waals surface area (Å²) in [6, 6.07) is 0.195. The van der Waals surface area contributed by atoms with Gasteiger partial charge in [-0.1, -0.05) is 12.8 Å². The van der Waals surface area contributed by atoms with Crippen LogP contribution >= 0.6 is 0 Å². The van der Waals surface area contributed by atoms with Gasteiger partial charge in [-0.05, 0) is 39.2 Å². The Kier molecular flexibility index (Phi) is 4.07. The molecule has 0 spiro atoms. The molecule has 118 valence electrons. The van der Waals surface area contributed by atoms with Crippen LogP contribution in [0.1, 0.15) is 43.5 Å². The predicted octanol–water partition coefficient (Wildman–Crippen LogP) is 1.39. The van der Waals surface area contributed by atoms with E-state index in [9.17, 15) is 8.42 Å². The maximum absolute atomic E-state index is 13.1. The number of aromatic nitrogens is 2. The van der Waals surface area contributed by atoms with Crippen LogP contribution in [0, 0.1) is 12.8 Å². The quantitative estimate of drug-likeness (QED) is 0.881. The van der Waals surface area contributed by atoms with E-state index in [4.69, 9.17) is 0 Å². The van der Waals surface area contributed by atoms with Crippen molar-refractivity contribution in [3.8, 4) is 0 Å². The topological polar surface area (TPSA) is 78.1 Å². The minimum absolute atomic E-state index is 0.195. The molecule has 1 saturated carbocycles. The Hall–Kier alpha value is -0.920. The number of H-pyrrole nitrogens is 1. The number of sulfonamides is 1. The van der Waals surface area contributed by atoms with E-state index in [-0.39, 0.29) is 6.04 Å². The second-order valence-corrected chi connectivity index (χ2v) is 8.00. The Morgan fingerprint density at radius 1 is 1.33 bits per heavy atom. The summed E-state index contributed by atoms with van der Waals surface area (Å²) in [5, 5.41) is 9.97. The number of hydrogen-bond acceptors (Lipinski definition) is 4. The van der Waals surface area contributed by atoms with Gasteiger partial charge in [-0.2, -0.15) is 9.40 Å². The molecule has 3 rings (SSSR count). The van der Waals surface area contributed by atoms with Gasteiger partial charge in [-0.15, -0.1) is 0 Å². The lowest BCUT2D eigenvalue weighted by atomic mass is 9.86. The van der Waals surface area contributed by atoms with Gasteiger partial charge in [-0.3, -0.25) is 5.10 Å². The van der Waals surface area contributed by atoms with Crippen LogP contribution in [-0.2, 0) is 16.6 Å². The van der Waals surface area contributed by atoms with Crippen molar-refractivity contribution >= 4 is 10.0 Å². The highest BCUT2D eigenvalue weighted by molar-refractivity contribution is 7.89. The molecule has 1 aromatic rings. The van der Waals surface area contributed by atoms with E-state index in [0.717, 1.165) is 19.3 Å². The van der Waals surface area contributed by atoms with E-state index in [1.807, 2.05) is 0 Å². The van der Waals surface area contributed by atoms with Crippen LogP contribution in [0.15, 0.2) is 4.90 Å². The molecule has 2 aliphatic rings. The first-order valence-electron chi connectivity index (χ1n) is 7.76. The van der Waals surface area contributed by atoms with Crippen molar-refractivity contribution in [2.24, 2.45) is 5.92 Å². The van der Waals surface area contributed by atoms with Crippen LogP contribution in [-0.4, -0.2) is 42.6 Å². The third-order valence-electron chi connectivity index (χ3n) is 4.83. The third-order valence-corrected chi connectivity index (χ3v) is 6.96. The van der Waals surface area contributed by atoms with Crippen molar-refractivity contribution in [1.29, 1.82) is 0 Å². The fourth-order valence-corrected chi connectivity index (χ4v) is 5.94. The number of aryl methyl sites for hydroxylation is 1. The van der Waals surface area contributed by atoms with Crippen molar-refractivity contribution in [3.05, 3.63) is 11.4 Å². The first-order valence-corrected chi connectivity index (χ1v) is 9.20. The molecule has 2 atom stereocenters. The highest BCUT2D eigenvalue weighted by Crippen LogP contribution is 2.39. The summed E-state index contributed by atoms with van der Waals surface area (Å²) in [6.07, 6.45) is 5.56. The molecule has 2 N–H and O–H groups in total. The Bertz CT molecular complexity index is 610. The molecule has 1 saturated heterocycles. The van der Waals surface area contributed by atoms with Gasteiger partial charge >= 0.3 is 0 Å². The standard InChI is InChI=1S/C14H24N4O2S/c1-10-14(12(9-15-2)17-16-10)21(19,20)18-8-7-11-5-3-4-6-13(11)18/h11,13,15H,3-9H2,1-2H3,(H,16,17).